The summed E-state index contributed by atoms with van der Waals surface area (Å²) in [5, 5.41) is 3.17. The third kappa shape index (κ3) is 3.65. The average Bonchev–Trinajstić information content (AvgIpc) is 2.98. The van der Waals surface area contributed by atoms with Gasteiger partial charge in [-0.25, -0.2) is 13.8 Å². The molecule has 0 aliphatic rings. The summed E-state index contributed by atoms with van der Waals surface area (Å²) >= 11 is 2.46. The predicted octanol–water partition coefficient (Wildman–Crippen LogP) is 4.31. The number of halogens is 2. The summed E-state index contributed by atoms with van der Waals surface area (Å²) in [7, 11) is 1.56. The molecular formula is C16H12F2N2O2S2. The average molecular weight is 366 g/mol. The third-order valence-electron chi connectivity index (χ3n) is 3.11. The number of methoxy groups -OCH3 is 1. The summed E-state index contributed by atoms with van der Waals surface area (Å²) in [6.45, 7) is 0. The molecule has 1 N–H and O–H groups in total. The predicted molar refractivity (Wildman–Crippen MR) is 91.9 cm³/mol. The number of thioether (sulfide) groups is 1. The molecule has 8 heteroatoms. The van der Waals surface area contributed by atoms with Crippen LogP contribution in [-0.4, -0.2) is 23.8 Å². The molecule has 0 unspecified atom stereocenters. The molecule has 3 rings (SSSR count). The summed E-state index contributed by atoms with van der Waals surface area (Å²) < 4.78 is 32.1. The largest absolute Gasteiger partial charge is 0.494 e. The number of benzene rings is 2. The molecule has 124 valence electrons. The highest BCUT2D eigenvalue weighted by molar-refractivity contribution is 8.00. The number of ether oxygens (including phenoxy) is 1. The zero-order chi connectivity index (χ0) is 17.1. The van der Waals surface area contributed by atoms with Gasteiger partial charge in [-0.05, 0) is 30.3 Å². The third-order valence-corrected chi connectivity index (χ3v) is 5.04. The van der Waals surface area contributed by atoms with Crippen LogP contribution in [0.2, 0.25) is 0 Å². The Balaban J connectivity index is 1.65. The fourth-order valence-corrected chi connectivity index (χ4v) is 3.63. The summed E-state index contributed by atoms with van der Waals surface area (Å²) in [4.78, 5) is 16.8. The summed E-state index contributed by atoms with van der Waals surface area (Å²) in [5.41, 5.74) is 0.688. The Morgan fingerprint density at radius 2 is 2.12 bits per heavy atom. The van der Waals surface area contributed by atoms with E-state index in [9.17, 15) is 13.6 Å². The van der Waals surface area contributed by atoms with Crippen molar-refractivity contribution in [2.24, 2.45) is 0 Å². The Morgan fingerprint density at radius 1 is 1.29 bits per heavy atom. The Labute approximate surface area is 144 Å². The highest BCUT2D eigenvalue weighted by atomic mass is 32.2. The molecular weight excluding hydrogens is 354 g/mol. The van der Waals surface area contributed by atoms with Gasteiger partial charge in [0.25, 0.3) is 0 Å². The molecule has 0 aliphatic heterocycles. The molecule has 0 spiro atoms. The number of carbonyl (C=O) groups excluding carboxylic acids is 1. The van der Waals surface area contributed by atoms with Crippen LogP contribution in [0.25, 0.3) is 10.2 Å². The van der Waals surface area contributed by atoms with Crippen LogP contribution in [0.4, 0.5) is 13.9 Å². The molecule has 4 nitrogen and oxygen atoms in total. The maximum Gasteiger partial charge on any atom is 0.236 e. The lowest BCUT2D eigenvalue weighted by Crippen LogP contribution is -2.13. The highest BCUT2D eigenvalue weighted by Gasteiger charge is 2.12. The number of thiazole rings is 1. The van der Waals surface area contributed by atoms with Crippen molar-refractivity contribution in [1.82, 2.24) is 4.98 Å². The van der Waals surface area contributed by atoms with Crippen LogP contribution in [0.1, 0.15) is 0 Å². The number of aromatic nitrogens is 1. The number of fused-ring (bicyclic) bond motifs is 1. The first-order chi connectivity index (χ1) is 11.6. The van der Waals surface area contributed by atoms with Crippen molar-refractivity contribution in [2.45, 2.75) is 4.90 Å². The van der Waals surface area contributed by atoms with Gasteiger partial charge in [0.15, 0.2) is 16.8 Å². The van der Waals surface area contributed by atoms with Gasteiger partial charge in [-0.1, -0.05) is 17.4 Å². The fraction of sp³-hybridized carbons (Fsp3) is 0.125. The summed E-state index contributed by atoms with van der Waals surface area (Å²) in [5.74, 6) is -1.41. The van der Waals surface area contributed by atoms with E-state index >= 15 is 0 Å². The molecule has 0 radical (unpaired) electrons. The van der Waals surface area contributed by atoms with Gasteiger partial charge in [0.1, 0.15) is 11.3 Å². The van der Waals surface area contributed by atoms with Crippen LogP contribution in [0.15, 0.2) is 41.3 Å². The Bertz CT molecular complexity index is 899. The first-order valence-electron chi connectivity index (χ1n) is 6.88. The monoisotopic (exact) mass is 366 g/mol. The normalized spacial score (nSPS) is 10.8. The molecule has 1 amide bonds. The number of hydrogen-bond acceptors (Lipinski definition) is 5. The minimum Gasteiger partial charge on any atom is -0.494 e. The quantitative estimate of drug-likeness (QED) is 0.684. The molecule has 0 atom stereocenters. The van der Waals surface area contributed by atoms with Crippen molar-refractivity contribution in [3.8, 4) is 5.75 Å². The van der Waals surface area contributed by atoms with Crippen LogP contribution < -0.4 is 10.1 Å². The Morgan fingerprint density at radius 3 is 2.88 bits per heavy atom. The van der Waals surface area contributed by atoms with Crippen molar-refractivity contribution in [3.05, 3.63) is 48.0 Å². The van der Waals surface area contributed by atoms with Crippen molar-refractivity contribution in [2.75, 3.05) is 18.2 Å². The molecule has 1 aromatic heterocycles. The topological polar surface area (TPSA) is 51.2 Å². The number of rotatable bonds is 5. The van der Waals surface area contributed by atoms with E-state index in [2.05, 4.69) is 10.3 Å². The van der Waals surface area contributed by atoms with Gasteiger partial charge in [-0.3, -0.25) is 4.79 Å². The molecule has 3 aromatic rings. The minimum atomic E-state index is -0.932. The van der Waals surface area contributed by atoms with E-state index in [0.29, 0.717) is 21.3 Å². The van der Waals surface area contributed by atoms with Gasteiger partial charge in [-0.2, -0.15) is 0 Å². The molecule has 1 heterocycles. The zero-order valence-electron chi connectivity index (χ0n) is 12.5. The first kappa shape index (κ1) is 16.7. The van der Waals surface area contributed by atoms with E-state index in [0.717, 1.165) is 28.6 Å². The minimum absolute atomic E-state index is 0.0676. The number of hydrogen-bond donors (Lipinski definition) is 1. The smallest absolute Gasteiger partial charge is 0.236 e. The van der Waals surface area contributed by atoms with Crippen molar-refractivity contribution in [1.29, 1.82) is 0 Å². The second-order valence-corrected chi connectivity index (χ2v) is 6.82. The lowest BCUT2D eigenvalue weighted by atomic mass is 10.3. The second kappa shape index (κ2) is 7.14. The standard InChI is InChI=1S/C16H12F2N2O2S2/c1-22-12-3-2-4-13-15(12)20-16(24-13)19-14(21)8-23-9-5-6-10(17)11(18)7-9/h2-7H,8H2,1H3,(H,19,20,21). The van der Waals surface area contributed by atoms with Crippen molar-refractivity contribution >= 4 is 44.4 Å². The van der Waals surface area contributed by atoms with Crippen LogP contribution in [-0.2, 0) is 4.79 Å². The number of amides is 1. The number of anilines is 1. The summed E-state index contributed by atoms with van der Waals surface area (Å²) in [6.07, 6.45) is 0. The van der Waals surface area contributed by atoms with E-state index in [1.807, 2.05) is 12.1 Å². The zero-order valence-corrected chi connectivity index (χ0v) is 14.1. The van der Waals surface area contributed by atoms with E-state index < -0.39 is 11.6 Å². The maximum absolute atomic E-state index is 13.1. The Kier molecular flexibility index (Phi) is 4.96. The van der Waals surface area contributed by atoms with E-state index in [-0.39, 0.29) is 11.7 Å². The van der Waals surface area contributed by atoms with E-state index in [1.54, 1.807) is 13.2 Å². The highest BCUT2D eigenvalue weighted by Crippen LogP contribution is 2.32. The lowest BCUT2D eigenvalue weighted by molar-refractivity contribution is -0.113. The number of nitrogens with zero attached hydrogens (tertiary/aromatic N) is 1. The molecule has 0 saturated carbocycles. The lowest BCUT2D eigenvalue weighted by Gasteiger charge is -2.02. The van der Waals surface area contributed by atoms with Gasteiger partial charge in [0.05, 0.1) is 17.6 Å². The van der Waals surface area contributed by atoms with Crippen LogP contribution in [0.3, 0.4) is 0 Å². The van der Waals surface area contributed by atoms with Crippen LogP contribution in [0.5, 0.6) is 5.75 Å². The fourth-order valence-electron chi connectivity index (χ4n) is 2.01. The molecule has 2 aromatic carbocycles. The van der Waals surface area contributed by atoms with Gasteiger partial charge in [-0.15, -0.1) is 11.8 Å². The summed E-state index contributed by atoms with van der Waals surface area (Å²) in [6, 6.07) is 9.07. The van der Waals surface area contributed by atoms with E-state index in [1.165, 1.54) is 17.4 Å². The van der Waals surface area contributed by atoms with Gasteiger partial charge < -0.3 is 10.1 Å². The molecule has 0 saturated heterocycles. The SMILES string of the molecule is COc1cccc2sc(NC(=O)CSc3ccc(F)c(F)c3)nc12. The molecule has 0 fully saturated rings. The first-order valence-corrected chi connectivity index (χ1v) is 8.68. The van der Waals surface area contributed by atoms with Gasteiger partial charge >= 0.3 is 0 Å². The van der Waals surface area contributed by atoms with Gasteiger partial charge in [0, 0.05) is 4.90 Å². The molecule has 24 heavy (non-hydrogen) atoms. The van der Waals surface area contributed by atoms with Crippen molar-refractivity contribution < 1.29 is 18.3 Å². The maximum atomic E-state index is 13.1. The van der Waals surface area contributed by atoms with Crippen LogP contribution >= 0.6 is 23.1 Å². The number of para-hydroxylation sites is 1. The number of nitrogens with one attached hydrogen (secondary N) is 1. The Hall–Kier alpha value is -2.19. The van der Waals surface area contributed by atoms with E-state index in [4.69, 9.17) is 4.74 Å². The molecule has 0 aliphatic carbocycles. The second-order valence-electron chi connectivity index (χ2n) is 4.74. The van der Waals surface area contributed by atoms with Crippen LogP contribution in [0, 0.1) is 11.6 Å². The molecule has 0 bridgehead atoms. The number of carbonyl (C=O) groups is 1. The van der Waals surface area contributed by atoms with Gasteiger partial charge in [0.2, 0.25) is 5.91 Å². The van der Waals surface area contributed by atoms with Crippen molar-refractivity contribution in [3.63, 3.8) is 0 Å².